The summed E-state index contributed by atoms with van der Waals surface area (Å²) < 4.78 is 39.1. The van der Waals surface area contributed by atoms with Crippen LogP contribution in [0.2, 0.25) is 0 Å². The molecule has 2 heterocycles. The summed E-state index contributed by atoms with van der Waals surface area (Å²) in [7, 11) is 0. The molecule has 7 heteroatoms. The van der Waals surface area contributed by atoms with E-state index in [1.165, 1.54) is 6.07 Å². The second-order valence-corrected chi connectivity index (χ2v) is 7.48. The molecule has 0 saturated carbocycles. The van der Waals surface area contributed by atoms with Crippen molar-refractivity contribution in [1.29, 1.82) is 0 Å². The number of nitrogens with one attached hydrogen (secondary N) is 1. The molecule has 0 spiro atoms. The van der Waals surface area contributed by atoms with Gasteiger partial charge in [-0.15, -0.1) is 0 Å². The number of rotatable bonds is 3. The highest BCUT2D eigenvalue weighted by molar-refractivity contribution is 5.94. The third-order valence-corrected chi connectivity index (χ3v) is 5.27. The van der Waals surface area contributed by atoms with Gasteiger partial charge in [-0.1, -0.05) is 17.7 Å². The minimum atomic E-state index is -4.52. The highest BCUT2D eigenvalue weighted by atomic mass is 19.4. The highest BCUT2D eigenvalue weighted by Crippen LogP contribution is 2.34. The molecule has 4 rings (SSSR count). The van der Waals surface area contributed by atoms with Gasteiger partial charge in [0.15, 0.2) is 0 Å². The molecular weight excluding hydrogens is 391 g/mol. The van der Waals surface area contributed by atoms with E-state index in [-0.39, 0.29) is 11.9 Å². The van der Waals surface area contributed by atoms with Crippen LogP contribution in [0.25, 0.3) is 11.3 Å². The number of benzene rings is 1. The van der Waals surface area contributed by atoms with Gasteiger partial charge in [0, 0.05) is 23.5 Å². The molecule has 1 amide bonds. The molecule has 4 nitrogen and oxygen atoms in total. The van der Waals surface area contributed by atoms with Crippen molar-refractivity contribution in [3.8, 4) is 11.3 Å². The maximum Gasteiger partial charge on any atom is 0.433 e. The van der Waals surface area contributed by atoms with Gasteiger partial charge in [-0.2, -0.15) is 13.2 Å². The van der Waals surface area contributed by atoms with Crippen LogP contribution in [0, 0.1) is 6.92 Å². The average molecular weight is 411 g/mol. The topological polar surface area (TPSA) is 54.9 Å². The van der Waals surface area contributed by atoms with E-state index >= 15 is 0 Å². The molecule has 0 fully saturated rings. The van der Waals surface area contributed by atoms with Crippen LogP contribution in [0.15, 0.2) is 54.9 Å². The first-order valence-corrected chi connectivity index (χ1v) is 9.71. The number of carbonyl (C=O) groups is 1. The molecule has 154 valence electrons. The van der Waals surface area contributed by atoms with Crippen molar-refractivity contribution >= 4 is 5.91 Å². The Morgan fingerprint density at radius 3 is 2.73 bits per heavy atom. The fraction of sp³-hybridized carbons (Fsp3) is 0.261. The number of aryl methyl sites for hydroxylation is 2. The number of pyridine rings is 2. The van der Waals surface area contributed by atoms with Gasteiger partial charge in [0.1, 0.15) is 5.69 Å². The number of aromatic nitrogens is 2. The summed E-state index contributed by atoms with van der Waals surface area (Å²) in [5.74, 6) is -0.168. The molecule has 0 aliphatic heterocycles. The van der Waals surface area contributed by atoms with Crippen LogP contribution in [0.4, 0.5) is 13.2 Å². The molecular formula is C23H20F3N3O. The number of nitrogens with zero attached hydrogens (tertiary/aromatic N) is 2. The van der Waals surface area contributed by atoms with Crippen LogP contribution in [0.5, 0.6) is 0 Å². The SMILES string of the molecule is Cc1cccc(C(=O)NC2CCCc3cnc(-c4ccnc(C(F)(F)F)c4)cc32)c1. The smallest absolute Gasteiger partial charge is 0.345 e. The molecule has 30 heavy (non-hydrogen) atoms. The van der Waals surface area contributed by atoms with E-state index in [2.05, 4.69) is 15.3 Å². The Bertz CT molecular complexity index is 1100. The summed E-state index contributed by atoms with van der Waals surface area (Å²) in [5, 5.41) is 3.07. The maximum atomic E-state index is 13.0. The number of hydrogen-bond acceptors (Lipinski definition) is 3. The Labute approximate surface area is 172 Å². The summed E-state index contributed by atoms with van der Waals surface area (Å²) in [4.78, 5) is 20.5. The first-order valence-electron chi connectivity index (χ1n) is 9.71. The van der Waals surface area contributed by atoms with Gasteiger partial charge in [-0.05, 0) is 67.6 Å². The Morgan fingerprint density at radius 2 is 1.97 bits per heavy atom. The van der Waals surface area contributed by atoms with E-state index in [0.29, 0.717) is 16.8 Å². The van der Waals surface area contributed by atoms with Crippen molar-refractivity contribution in [2.75, 3.05) is 0 Å². The predicted octanol–water partition coefficient (Wildman–Crippen LogP) is 5.28. The Kier molecular flexibility index (Phi) is 5.28. The Morgan fingerprint density at radius 1 is 1.13 bits per heavy atom. The number of alkyl halides is 3. The van der Waals surface area contributed by atoms with Crippen molar-refractivity contribution in [2.24, 2.45) is 0 Å². The number of hydrogen-bond donors (Lipinski definition) is 1. The van der Waals surface area contributed by atoms with Crippen molar-refractivity contribution < 1.29 is 18.0 Å². The van der Waals surface area contributed by atoms with E-state index < -0.39 is 11.9 Å². The van der Waals surface area contributed by atoms with Gasteiger partial charge in [0.25, 0.3) is 5.91 Å². The number of halogens is 3. The molecule has 0 bridgehead atoms. The van der Waals surface area contributed by atoms with Crippen LogP contribution < -0.4 is 5.32 Å². The van der Waals surface area contributed by atoms with Crippen LogP contribution in [-0.2, 0) is 12.6 Å². The van der Waals surface area contributed by atoms with Gasteiger partial charge in [0.2, 0.25) is 0 Å². The second kappa shape index (κ2) is 7.89. The summed E-state index contributed by atoms with van der Waals surface area (Å²) >= 11 is 0. The van der Waals surface area contributed by atoms with Gasteiger partial charge < -0.3 is 5.32 Å². The monoisotopic (exact) mass is 411 g/mol. The molecule has 0 saturated heterocycles. The van der Waals surface area contributed by atoms with Crippen molar-refractivity contribution in [2.45, 2.75) is 38.4 Å². The van der Waals surface area contributed by atoms with Gasteiger partial charge in [-0.3, -0.25) is 14.8 Å². The van der Waals surface area contributed by atoms with E-state index in [1.807, 2.05) is 25.1 Å². The molecule has 1 unspecified atom stereocenters. The molecule has 2 aromatic heterocycles. The zero-order valence-electron chi connectivity index (χ0n) is 16.3. The highest BCUT2D eigenvalue weighted by Gasteiger charge is 2.32. The van der Waals surface area contributed by atoms with Crippen molar-refractivity contribution in [1.82, 2.24) is 15.3 Å². The molecule has 1 N–H and O–H groups in total. The number of amides is 1. The summed E-state index contributed by atoms with van der Waals surface area (Å²) in [5.41, 5.74) is 3.30. The second-order valence-electron chi connectivity index (χ2n) is 7.48. The lowest BCUT2D eigenvalue weighted by Gasteiger charge is -2.27. The first kappa shape index (κ1) is 20.1. The minimum Gasteiger partial charge on any atom is -0.345 e. The van der Waals surface area contributed by atoms with E-state index in [9.17, 15) is 18.0 Å². The zero-order valence-corrected chi connectivity index (χ0v) is 16.3. The summed E-state index contributed by atoms with van der Waals surface area (Å²) in [6.07, 6.45) is 0.802. The molecule has 3 aromatic rings. The average Bonchev–Trinajstić information content (AvgIpc) is 2.73. The lowest BCUT2D eigenvalue weighted by Crippen LogP contribution is -2.31. The summed E-state index contributed by atoms with van der Waals surface area (Å²) in [6, 6.07) is 11.4. The van der Waals surface area contributed by atoms with Gasteiger partial charge in [-0.25, -0.2) is 0 Å². The Hall–Kier alpha value is -3.22. The fourth-order valence-corrected chi connectivity index (χ4v) is 3.77. The predicted molar refractivity (Wildman–Crippen MR) is 107 cm³/mol. The molecule has 1 aliphatic rings. The number of carbonyl (C=O) groups excluding carboxylic acids is 1. The van der Waals surface area contributed by atoms with Crippen molar-refractivity contribution in [3.63, 3.8) is 0 Å². The summed E-state index contributed by atoms with van der Waals surface area (Å²) in [6.45, 7) is 1.93. The normalized spacial score (nSPS) is 16.1. The van der Waals surface area contributed by atoms with E-state index in [1.54, 1.807) is 18.3 Å². The van der Waals surface area contributed by atoms with Crippen LogP contribution >= 0.6 is 0 Å². The van der Waals surface area contributed by atoms with Gasteiger partial charge in [0.05, 0.1) is 11.7 Å². The molecule has 0 radical (unpaired) electrons. The van der Waals surface area contributed by atoms with E-state index in [0.717, 1.165) is 48.2 Å². The third-order valence-electron chi connectivity index (χ3n) is 5.27. The van der Waals surface area contributed by atoms with Gasteiger partial charge >= 0.3 is 6.18 Å². The Balaban J connectivity index is 1.64. The van der Waals surface area contributed by atoms with Crippen molar-refractivity contribution in [3.05, 3.63) is 82.8 Å². The lowest BCUT2D eigenvalue weighted by atomic mass is 9.87. The fourth-order valence-electron chi connectivity index (χ4n) is 3.77. The molecule has 1 aliphatic carbocycles. The lowest BCUT2D eigenvalue weighted by molar-refractivity contribution is -0.141. The first-order chi connectivity index (χ1) is 14.3. The zero-order chi connectivity index (χ0) is 21.3. The van der Waals surface area contributed by atoms with Crippen LogP contribution in [0.1, 0.15) is 51.6 Å². The van der Waals surface area contributed by atoms with E-state index in [4.69, 9.17) is 0 Å². The standard InChI is InChI=1S/C23H20F3N3O/c1-14-4-2-5-16(10-14)22(30)29-19-7-3-6-17-13-28-20(12-18(17)19)15-8-9-27-21(11-15)23(24,25)26/h2,4-5,8-13,19H,3,6-7H2,1H3,(H,29,30). The maximum absolute atomic E-state index is 13.0. The minimum absolute atomic E-state index is 0.168. The largest absolute Gasteiger partial charge is 0.433 e. The third kappa shape index (κ3) is 4.20. The quantitative estimate of drug-likeness (QED) is 0.638. The molecule has 1 atom stereocenters. The molecule has 1 aromatic carbocycles. The number of fused-ring (bicyclic) bond motifs is 1. The van der Waals surface area contributed by atoms with Crippen LogP contribution in [-0.4, -0.2) is 15.9 Å². The van der Waals surface area contributed by atoms with Crippen LogP contribution in [0.3, 0.4) is 0 Å².